The van der Waals surface area contributed by atoms with Crippen molar-refractivity contribution in [1.82, 2.24) is 5.32 Å². The van der Waals surface area contributed by atoms with Crippen molar-refractivity contribution in [1.29, 1.82) is 0 Å². The Hall–Kier alpha value is -2.04. The first-order valence-electron chi connectivity index (χ1n) is 7.22. The third-order valence-corrected chi connectivity index (χ3v) is 3.62. The van der Waals surface area contributed by atoms with E-state index in [4.69, 9.17) is 9.84 Å². The second-order valence-corrected chi connectivity index (χ2v) is 5.73. The molecule has 0 spiro atoms. The smallest absolute Gasteiger partial charge is 0.306 e. The lowest BCUT2D eigenvalue weighted by molar-refractivity contribution is -0.148. The van der Waals surface area contributed by atoms with E-state index in [0.29, 0.717) is 19.4 Å². The molecule has 21 heavy (non-hydrogen) atoms. The molecule has 1 amide bonds. The van der Waals surface area contributed by atoms with Gasteiger partial charge in [-0.15, -0.1) is 0 Å². The van der Waals surface area contributed by atoms with Gasteiger partial charge < -0.3 is 15.2 Å². The minimum atomic E-state index is -0.806. The largest absolute Gasteiger partial charge is 0.491 e. The highest BCUT2D eigenvalue weighted by molar-refractivity contribution is 5.82. The van der Waals surface area contributed by atoms with E-state index in [9.17, 15) is 9.59 Å². The van der Waals surface area contributed by atoms with E-state index in [-0.39, 0.29) is 23.8 Å². The molecule has 2 rings (SSSR count). The van der Waals surface area contributed by atoms with Crippen LogP contribution in [0.3, 0.4) is 0 Å². The number of rotatable bonds is 6. The topological polar surface area (TPSA) is 75.6 Å². The van der Waals surface area contributed by atoms with Crippen LogP contribution < -0.4 is 10.1 Å². The van der Waals surface area contributed by atoms with Crippen LogP contribution in [-0.4, -0.2) is 23.1 Å². The normalized spacial score (nSPS) is 20.7. The Morgan fingerprint density at radius 2 is 1.86 bits per heavy atom. The molecule has 1 aromatic carbocycles. The Balaban J connectivity index is 1.75. The molecule has 0 heterocycles. The van der Waals surface area contributed by atoms with Gasteiger partial charge in [0.05, 0.1) is 12.0 Å². The molecule has 0 bridgehead atoms. The van der Waals surface area contributed by atoms with Gasteiger partial charge in [-0.25, -0.2) is 0 Å². The van der Waals surface area contributed by atoms with E-state index in [2.05, 4.69) is 5.32 Å². The van der Waals surface area contributed by atoms with Gasteiger partial charge in [-0.2, -0.15) is 0 Å². The maximum atomic E-state index is 11.9. The van der Waals surface area contributed by atoms with E-state index >= 15 is 0 Å². The molecule has 1 aliphatic rings. The number of carboxylic acid groups (broad SMARTS) is 1. The van der Waals surface area contributed by atoms with E-state index in [1.165, 1.54) is 0 Å². The molecule has 0 atom stereocenters. The third kappa shape index (κ3) is 4.21. The molecular weight excluding hydrogens is 270 g/mol. The van der Waals surface area contributed by atoms with Gasteiger partial charge in [-0.05, 0) is 44.4 Å². The maximum absolute atomic E-state index is 11.9. The van der Waals surface area contributed by atoms with Gasteiger partial charge in [0.1, 0.15) is 5.75 Å². The number of hydrogen-bond acceptors (Lipinski definition) is 3. The molecule has 2 N–H and O–H groups in total. The summed E-state index contributed by atoms with van der Waals surface area (Å²) >= 11 is 0. The van der Waals surface area contributed by atoms with Crippen LogP contribution in [0.1, 0.15) is 32.3 Å². The number of aliphatic carboxylic acids is 1. The summed E-state index contributed by atoms with van der Waals surface area (Å²) in [7, 11) is 0. The van der Waals surface area contributed by atoms with Gasteiger partial charge in [-0.1, -0.05) is 12.1 Å². The maximum Gasteiger partial charge on any atom is 0.306 e. The van der Waals surface area contributed by atoms with Crippen LogP contribution in [0, 0.1) is 11.8 Å². The summed E-state index contributed by atoms with van der Waals surface area (Å²) in [4.78, 5) is 22.5. The molecule has 1 aromatic rings. The first-order valence-corrected chi connectivity index (χ1v) is 7.22. The van der Waals surface area contributed by atoms with Crippen molar-refractivity contribution < 1.29 is 19.4 Å². The van der Waals surface area contributed by atoms with Crippen molar-refractivity contribution in [2.75, 3.05) is 0 Å². The zero-order valence-electron chi connectivity index (χ0n) is 12.3. The van der Waals surface area contributed by atoms with Gasteiger partial charge >= 0.3 is 5.97 Å². The minimum absolute atomic E-state index is 0.0602. The fraction of sp³-hybridized carbons (Fsp3) is 0.500. The molecule has 0 aromatic heterocycles. The van der Waals surface area contributed by atoms with Crippen molar-refractivity contribution in [3.05, 3.63) is 29.8 Å². The van der Waals surface area contributed by atoms with E-state index in [0.717, 1.165) is 11.3 Å². The highest BCUT2D eigenvalue weighted by Crippen LogP contribution is 2.33. The highest BCUT2D eigenvalue weighted by atomic mass is 16.5. The molecule has 0 aliphatic heterocycles. The van der Waals surface area contributed by atoms with Crippen molar-refractivity contribution in [3.8, 4) is 5.75 Å². The van der Waals surface area contributed by atoms with Gasteiger partial charge in [0.15, 0.2) is 0 Å². The molecule has 0 unspecified atom stereocenters. The van der Waals surface area contributed by atoms with Gasteiger partial charge in [0.2, 0.25) is 5.91 Å². The first-order chi connectivity index (χ1) is 9.95. The molecule has 1 aliphatic carbocycles. The van der Waals surface area contributed by atoms with Crippen LogP contribution in [0.4, 0.5) is 0 Å². The van der Waals surface area contributed by atoms with Gasteiger partial charge in [0.25, 0.3) is 0 Å². The molecule has 1 fully saturated rings. The molecule has 5 nitrogen and oxygen atoms in total. The van der Waals surface area contributed by atoms with E-state index in [1.807, 2.05) is 38.1 Å². The number of ether oxygens (including phenoxy) is 1. The standard InChI is InChI=1S/C16H21NO4/c1-10(2)21-14-5-3-11(4-6-14)9-17-15(18)12-7-13(8-12)16(19)20/h3-6,10,12-13H,7-9H2,1-2H3,(H,17,18)(H,19,20). The minimum Gasteiger partial charge on any atom is -0.491 e. The summed E-state index contributed by atoms with van der Waals surface area (Å²) in [5, 5.41) is 11.6. The summed E-state index contributed by atoms with van der Waals surface area (Å²) < 4.78 is 5.55. The second-order valence-electron chi connectivity index (χ2n) is 5.73. The number of carbonyl (C=O) groups is 2. The van der Waals surface area contributed by atoms with Crippen molar-refractivity contribution in [2.45, 2.75) is 39.3 Å². The number of carbonyl (C=O) groups excluding carboxylic acids is 1. The fourth-order valence-electron chi connectivity index (χ4n) is 2.33. The molecule has 1 saturated carbocycles. The molecule has 0 saturated heterocycles. The molecule has 114 valence electrons. The zero-order valence-corrected chi connectivity index (χ0v) is 12.3. The SMILES string of the molecule is CC(C)Oc1ccc(CNC(=O)C2CC(C(=O)O)C2)cc1. The Morgan fingerprint density at radius 1 is 1.24 bits per heavy atom. The first kappa shape index (κ1) is 15.4. The van der Waals surface area contributed by atoms with E-state index < -0.39 is 5.97 Å². The highest BCUT2D eigenvalue weighted by Gasteiger charge is 2.38. The number of amides is 1. The summed E-state index contributed by atoms with van der Waals surface area (Å²) in [6.45, 7) is 4.39. The quantitative estimate of drug-likeness (QED) is 0.842. The lowest BCUT2D eigenvalue weighted by atomic mass is 9.74. The lowest BCUT2D eigenvalue weighted by Gasteiger charge is -2.30. The van der Waals surface area contributed by atoms with Crippen LogP contribution in [-0.2, 0) is 16.1 Å². The van der Waals surface area contributed by atoms with Crippen molar-refractivity contribution >= 4 is 11.9 Å². The summed E-state index contributed by atoms with van der Waals surface area (Å²) in [5.74, 6) is -0.568. The Morgan fingerprint density at radius 3 is 2.38 bits per heavy atom. The molecular formula is C16H21NO4. The predicted molar refractivity (Wildman–Crippen MR) is 77.9 cm³/mol. The molecule has 5 heteroatoms. The average Bonchev–Trinajstić information content (AvgIpc) is 2.35. The average molecular weight is 291 g/mol. The van der Waals surface area contributed by atoms with Crippen LogP contribution in [0.5, 0.6) is 5.75 Å². The van der Waals surface area contributed by atoms with Crippen LogP contribution >= 0.6 is 0 Å². The van der Waals surface area contributed by atoms with E-state index in [1.54, 1.807) is 0 Å². The Kier molecular flexibility index (Phi) is 4.83. The summed E-state index contributed by atoms with van der Waals surface area (Å²) in [6.07, 6.45) is 1.03. The predicted octanol–water partition coefficient (Wildman–Crippen LogP) is 2.20. The number of benzene rings is 1. The lowest BCUT2D eigenvalue weighted by Crippen LogP contribution is -2.41. The summed E-state index contributed by atoms with van der Waals surface area (Å²) in [5.41, 5.74) is 0.994. The van der Waals surface area contributed by atoms with Gasteiger partial charge in [0, 0.05) is 12.5 Å². The van der Waals surface area contributed by atoms with Gasteiger partial charge in [-0.3, -0.25) is 9.59 Å². The second kappa shape index (κ2) is 6.61. The molecule has 0 radical (unpaired) electrons. The monoisotopic (exact) mass is 291 g/mol. The summed E-state index contributed by atoms with van der Waals surface area (Å²) in [6, 6.07) is 7.59. The van der Waals surface area contributed by atoms with Crippen LogP contribution in [0.2, 0.25) is 0 Å². The number of hydrogen-bond donors (Lipinski definition) is 2. The van der Waals surface area contributed by atoms with Crippen LogP contribution in [0.15, 0.2) is 24.3 Å². The fourth-order valence-corrected chi connectivity index (χ4v) is 2.33. The van der Waals surface area contributed by atoms with Crippen molar-refractivity contribution in [2.24, 2.45) is 11.8 Å². The van der Waals surface area contributed by atoms with Crippen molar-refractivity contribution in [3.63, 3.8) is 0 Å². The zero-order chi connectivity index (χ0) is 15.4. The number of nitrogens with one attached hydrogen (secondary N) is 1. The third-order valence-electron chi connectivity index (χ3n) is 3.62. The Bertz CT molecular complexity index is 504. The van der Waals surface area contributed by atoms with Crippen LogP contribution in [0.25, 0.3) is 0 Å². The number of carboxylic acids is 1. The Labute approximate surface area is 124 Å².